The Kier molecular flexibility index (Phi) is 5.72. The van der Waals surface area contributed by atoms with E-state index >= 15 is 0 Å². The Labute approximate surface area is 126 Å². The van der Waals surface area contributed by atoms with E-state index in [1.165, 1.54) is 13.0 Å². The summed E-state index contributed by atoms with van der Waals surface area (Å²) in [5.74, 6) is -0.516. The largest absolute Gasteiger partial charge is 0.399 e. The maximum atomic E-state index is 13.7. The zero-order chi connectivity index (χ0) is 16.4. The maximum absolute atomic E-state index is 13.7. The van der Waals surface area contributed by atoms with Gasteiger partial charge in [-0.3, -0.25) is 0 Å². The lowest BCUT2D eigenvalue weighted by Gasteiger charge is -2.25. The van der Waals surface area contributed by atoms with E-state index in [0.29, 0.717) is 6.54 Å². The Hall–Kier alpha value is -1.18. The number of hydrogen-bond acceptors (Lipinski definition) is 4. The van der Waals surface area contributed by atoms with Gasteiger partial charge >= 0.3 is 0 Å². The molecule has 0 aliphatic carbocycles. The van der Waals surface area contributed by atoms with Crippen molar-refractivity contribution in [3.8, 4) is 0 Å². The summed E-state index contributed by atoms with van der Waals surface area (Å²) in [5.41, 5.74) is 5.72. The van der Waals surface area contributed by atoms with Crippen molar-refractivity contribution in [1.29, 1.82) is 0 Å². The van der Waals surface area contributed by atoms with Crippen LogP contribution in [0.2, 0.25) is 0 Å². The van der Waals surface area contributed by atoms with Crippen LogP contribution < -0.4 is 10.5 Å². The zero-order valence-electron chi connectivity index (χ0n) is 13.1. The molecule has 3 N–H and O–H groups in total. The first-order chi connectivity index (χ1) is 9.54. The molecule has 0 aliphatic rings. The van der Waals surface area contributed by atoms with E-state index in [9.17, 15) is 12.8 Å². The predicted molar refractivity (Wildman–Crippen MR) is 83.1 cm³/mol. The summed E-state index contributed by atoms with van der Waals surface area (Å²) in [5, 5.41) is 0. The normalized spacial score (nSPS) is 13.9. The molecule has 0 saturated carbocycles. The molecule has 0 spiro atoms. The second kappa shape index (κ2) is 6.72. The molecule has 21 heavy (non-hydrogen) atoms. The van der Waals surface area contributed by atoms with Crippen molar-refractivity contribution in [3.63, 3.8) is 0 Å². The van der Waals surface area contributed by atoms with Crippen molar-refractivity contribution in [2.24, 2.45) is 5.92 Å². The van der Waals surface area contributed by atoms with E-state index in [1.54, 1.807) is 0 Å². The van der Waals surface area contributed by atoms with Gasteiger partial charge in [0, 0.05) is 23.8 Å². The zero-order valence-corrected chi connectivity index (χ0v) is 14.0. The molecule has 0 radical (unpaired) electrons. The van der Waals surface area contributed by atoms with E-state index in [-0.39, 0.29) is 28.1 Å². The number of benzene rings is 1. The van der Waals surface area contributed by atoms with Crippen LogP contribution >= 0.6 is 0 Å². The van der Waals surface area contributed by atoms with Crippen molar-refractivity contribution in [1.82, 2.24) is 9.62 Å². The summed E-state index contributed by atoms with van der Waals surface area (Å²) in [6.45, 7) is 5.85. The van der Waals surface area contributed by atoms with Crippen LogP contribution in [0.25, 0.3) is 0 Å². The maximum Gasteiger partial charge on any atom is 0.241 e. The highest BCUT2D eigenvalue weighted by Gasteiger charge is 2.25. The average molecular weight is 317 g/mol. The van der Waals surface area contributed by atoms with E-state index in [4.69, 9.17) is 5.73 Å². The van der Waals surface area contributed by atoms with Gasteiger partial charge in [-0.05, 0) is 39.1 Å². The molecule has 7 heteroatoms. The minimum Gasteiger partial charge on any atom is -0.399 e. The van der Waals surface area contributed by atoms with Gasteiger partial charge in [0.15, 0.2) is 0 Å². The lowest BCUT2D eigenvalue weighted by molar-refractivity contribution is 0.314. The average Bonchev–Trinajstić information content (AvgIpc) is 2.31. The highest BCUT2D eigenvalue weighted by Crippen LogP contribution is 2.22. The van der Waals surface area contributed by atoms with Gasteiger partial charge in [0.05, 0.1) is 4.90 Å². The molecular weight excluding hydrogens is 293 g/mol. The van der Waals surface area contributed by atoms with Crippen molar-refractivity contribution in [2.75, 3.05) is 26.4 Å². The highest BCUT2D eigenvalue weighted by atomic mass is 32.2. The second-order valence-corrected chi connectivity index (χ2v) is 7.54. The number of likely N-dealkylation sites (N-methyl/N-ethyl adjacent to an activating group) is 1. The number of rotatable bonds is 6. The first-order valence-corrected chi connectivity index (χ1v) is 8.25. The van der Waals surface area contributed by atoms with Gasteiger partial charge in [-0.15, -0.1) is 0 Å². The molecule has 1 unspecified atom stereocenters. The molecular formula is C14H24FN3O2S. The lowest BCUT2D eigenvalue weighted by Crippen LogP contribution is -2.45. The van der Waals surface area contributed by atoms with Crippen molar-refractivity contribution >= 4 is 15.7 Å². The van der Waals surface area contributed by atoms with Crippen LogP contribution in [0.1, 0.15) is 19.4 Å². The monoisotopic (exact) mass is 317 g/mol. The van der Waals surface area contributed by atoms with Crippen LogP contribution in [-0.2, 0) is 10.0 Å². The topological polar surface area (TPSA) is 75.4 Å². The minimum atomic E-state index is -3.82. The van der Waals surface area contributed by atoms with E-state index in [2.05, 4.69) is 4.72 Å². The summed E-state index contributed by atoms with van der Waals surface area (Å²) >= 11 is 0. The fraction of sp³-hybridized carbons (Fsp3) is 0.571. The molecule has 0 amide bonds. The van der Waals surface area contributed by atoms with Gasteiger partial charge in [0.1, 0.15) is 5.82 Å². The molecule has 0 heterocycles. The van der Waals surface area contributed by atoms with Crippen molar-refractivity contribution in [2.45, 2.75) is 31.7 Å². The summed E-state index contributed by atoms with van der Waals surface area (Å²) < 4.78 is 41.3. The highest BCUT2D eigenvalue weighted by molar-refractivity contribution is 7.89. The molecule has 1 rings (SSSR count). The molecule has 5 nitrogen and oxygen atoms in total. The van der Waals surface area contributed by atoms with Crippen LogP contribution in [-0.4, -0.2) is 40.0 Å². The first kappa shape index (κ1) is 17.9. The van der Waals surface area contributed by atoms with E-state index in [0.717, 1.165) is 6.07 Å². The summed E-state index contributed by atoms with van der Waals surface area (Å²) in [7, 11) is -0.0822. The van der Waals surface area contributed by atoms with Crippen molar-refractivity contribution in [3.05, 3.63) is 23.5 Å². The van der Waals surface area contributed by atoms with Gasteiger partial charge in [-0.25, -0.2) is 17.5 Å². The minimum absolute atomic E-state index is 0.0732. The molecule has 0 saturated heterocycles. The molecule has 0 fully saturated rings. The Morgan fingerprint density at radius 3 is 2.38 bits per heavy atom. The van der Waals surface area contributed by atoms with Gasteiger partial charge in [-0.1, -0.05) is 13.8 Å². The van der Waals surface area contributed by atoms with E-state index in [1.807, 2.05) is 32.8 Å². The van der Waals surface area contributed by atoms with Gasteiger partial charge in [0.2, 0.25) is 10.0 Å². The second-order valence-electron chi connectivity index (χ2n) is 5.86. The molecule has 1 aromatic rings. The Morgan fingerprint density at radius 1 is 1.33 bits per heavy atom. The van der Waals surface area contributed by atoms with Crippen LogP contribution in [0.5, 0.6) is 0 Å². The number of halogens is 1. The third kappa shape index (κ3) is 4.66. The summed E-state index contributed by atoms with van der Waals surface area (Å²) in [6.07, 6.45) is 0. The standard InChI is InChI=1S/C14H24FN3O2S/c1-9(2)13(8-18(4)5)17-21(19,20)14-7-11(16)6-12(15)10(14)3/h6-7,9,13,17H,8,16H2,1-5H3. The van der Waals surface area contributed by atoms with Crippen molar-refractivity contribution < 1.29 is 12.8 Å². The molecule has 1 atom stereocenters. The van der Waals surface area contributed by atoms with Crippen LogP contribution in [0, 0.1) is 18.7 Å². The van der Waals surface area contributed by atoms with Gasteiger partial charge < -0.3 is 10.6 Å². The number of nitrogens with two attached hydrogens (primary N) is 1. The van der Waals surface area contributed by atoms with Crippen LogP contribution in [0.15, 0.2) is 17.0 Å². The summed E-state index contributed by atoms with van der Waals surface area (Å²) in [6, 6.07) is 2.14. The fourth-order valence-corrected chi connectivity index (χ4v) is 3.66. The number of nitrogen functional groups attached to an aromatic ring is 1. The molecule has 0 aliphatic heterocycles. The molecule has 120 valence electrons. The van der Waals surface area contributed by atoms with Gasteiger partial charge in [-0.2, -0.15) is 0 Å². The number of nitrogens with one attached hydrogen (secondary N) is 1. The van der Waals surface area contributed by atoms with E-state index < -0.39 is 15.8 Å². The Balaban J connectivity index is 3.16. The number of sulfonamides is 1. The third-order valence-electron chi connectivity index (χ3n) is 3.28. The predicted octanol–water partition coefficient (Wildman–Crippen LogP) is 1.58. The number of anilines is 1. The smallest absolute Gasteiger partial charge is 0.241 e. The quantitative estimate of drug-likeness (QED) is 0.781. The SMILES string of the molecule is Cc1c(F)cc(N)cc1S(=O)(=O)NC(CN(C)C)C(C)C. The Bertz CT molecular complexity index is 600. The molecule has 1 aromatic carbocycles. The third-order valence-corrected chi connectivity index (χ3v) is 4.90. The number of hydrogen-bond donors (Lipinski definition) is 2. The molecule has 0 aromatic heterocycles. The lowest BCUT2D eigenvalue weighted by atomic mass is 10.1. The fourth-order valence-electron chi connectivity index (χ4n) is 1.99. The van der Waals surface area contributed by atoms with Gasteiger partial charge in [0.25, 0.3) is 0 Å². The number of nitrogens with zero attached hydrogens (tertiary/aromatic N) is 1. The molecule has 0 bridgehead atoms. The van der Waals surface area contributed by atoms with Crippen LogP contribution in [0.4, 0.5) is 10.1 Å². The Morgan fingerprint density at radius 2 is 1.90 bits per heavy atom. The van der Waals surface area contributed by atoms with Crippen LogP contribution in [0.3, 0.4) is 0 Å². The first-order valence-electron chi connectivity index (χ1n) is 6.77. The summed E-state index contributed by atoms with van der Waals surface area (Å²) in [4.78, 5) is 1.80.